The Balaban J connectivity index is 2.07. The van der Waals surface area contributed by atoms with Crippen molar-refractivity contribution < 1.29 is 22.7 Å². The van der Waals surface area contributed by atoms with Gasteiger partial charge >= 0.3 is 6.36 Å². The minimum atomic E-state index is -4.80. The summed E-state index contributed by atoms with van der Waals surface area (Å²) in [5, 5.41) is 2.76. The minimum absolute atomic E-state index is 0.139. The van der Waals surface area contributed by atoms with Crippen molar-refractivity contribution in [3.05, 3.63) is 23.8 Å². The van der Waals surface area contributed by atoms with Crippen LogP contribution in [-0.4, -0.2) is 18.3 Å². The van der Waals surface area contributed by atoms with Gasteiger partial charge in [0.2, 0.25) is 0 Å². The van der Waals surface area contributed by atoms with E-state index in [-0.39, 0.29) is 23.2 Å². The summed E-state index contributed by atoms with van der Waals surface area (Å²) >= 11 is 0. The molecule has 19 heavy (non-hydrogen) atoms. The van der Waals surface area contributed by atoms with Crippen molar-refractivity contribution >= 4 is 11.6 Å². The Labute approximate surface area is 107 Å². The molecular formula is C12H13F3N2O2. The standard InChI is InChI=1S/C12H13F3N2O2/c1-6-4-9(6)17-11(18)7-2-3-10(8(16)5-7)19-12(13,14)15/h2-3,5-6,9H,4,16H2,1H3,(H,17,18). The van der Waals surface area contributed by atoms with E-state index in [4.69, 9.17) is 5.73 Å². The average Bonchev–Trinajstić information content (AvgIpc) is 2.95. The molecule has 3 N–H and O–H groups in total. The molecule has 104 valence electrons. The third kappa shape index (κ3) is 3.52. The SMILES string of the molecule is CC1CC1NC(=O)c1ccc(OC(F)(F)F)c(N)c1. The molecule has 1 aliphatic rings. The van der Waals surface area contributed by atoms with E-state index in [0.29, 0.717) is 5.92 Å². The molecule has 0 spiro atoms. The van der Waals surface area contributed by atoms with Gasteiger partial charge in [-0.2, -0.15) is 0 Å². The van der Waals surface area contributed by atoms with Gasteiger partial charge in [-0.3, -0.25) is 4.79 Å². The molecule has 0 radical (unpaired) electrons. The van der Waals surface area contributed by atoms with Crippen LogP contribution in [0.3, 0.4) is 0 Å². The number of benzene rings is 1. The van der Waals surface area contributed by atoms with Crippen LogP contribution in [0.5, 0.6) is 5.75 Å². The summed E-state index contributed by atoms with van der Waals surface area (Å²) < 4.78 is 39.9. The molecule has 7 heteroatoms. The smallest absolute Gasteiger partial charge is 0.404 e. The van der Waals surface area contributed by atoms with Gasteiger partial charge in [0, 0.05) is 11.6 Å². The normalized spacial score (nSPS) is 21.9. The number of amides is 1. The van der Waals surface area contributed by atoms with Crippen LogP contribution in [0.2, 0.25) is 0 Å². The molecule has 0 bridgehead atoms. The van der Waals surface area contributed by atoms with Gasteiger partial charge in [-0.1, -0.05) is 6.92 Å². The van der Waals surface area contributed by atoms with Gasteiger partial charge in [-0.15, -0.1) is 13.2 Å². The van der Waals surface area contributed by atoms with Crippen LogP contribution in [0, 0.1) is 5.92 Å². The van der Waals surface area contributed by atoms with Crippen LogP contribution >= 0.6 is 0 Å². The van der Waals surface area contributed by atoms with Crippen LogP contribution in [0.15, 0.2) is 18.2 Å². The van der Waals surface area contributed by atoms with E-state index >= 15 is 0 Å². The molecule has 1 aromatic carbocycles. The lowest BCUT2D eigenvalue weighted by Gasteiger charge is -2.12. The number of carbonyl (C=O) groups excluding carboxylic acids is 1. The Morgan fingerprint density at radius 1 is 1.47 bits per heavy atom. The highest BCUT2D eigenvalue weighted by molar-refractivity contribution is 5.95. The van der Waals surface area contributed by atoms with Gasteiger partial charge in [0.15, 0.2) is 5.75 Å². The molecule has 1 aromatic rings. The van der Waals surface area contributed by atoms with Crippen molar-refractivity contribution in [2.45, 2.75) is 25.7 Å². The van der Waals surface area contributed by atoms with Crippen molar-refractivity contribution in [3.63, 3.8) is 0 Å². The number of nitrogen functional groups attached to an aromatic ring is 1. The maximum Gasteiger partial charge on any atom is 0.573 e. The highest BCUT2D eigenvalue weighted by Crippen LogP contribution is 2.31. The van der Waals surface area contributed by atoms with Gasteiger partial charge in [0.1, 0.15) is 0 Å². The van der Waals surface area contributed by atoms with Crippen LogP contribution in [0.25, 0.3) is 0 Å². The van der Waals surface area contributed by atoms with Crippen LogP contribution in [0.1, 0.15) is 23.7 Å². The predicted octanol–water partition coefficient (Wildman–Crippen LogP) is 2.31. The molecule has 1 aliphatic carbocycles. The summed E-state index contributed by atoms with van der Waals surface area (Å²) in [6.07, 6.45) is -3.89. The molecule has 4 nitrogen and oxygen atoms in total. The lowest BCUT2D eigenvalue weighted by atomic mass is 10.1. The molecule has 0 aliphatic heterocycles. The third-order valence-corrected chi connectivity index (χ3v) is 2.92. The number of alkyl halides is 3. The van der Waals surface area contributed by atoms with Gasteiger partial charge in [-0.05, 0) is 30.5 Å². The third-order valence-electron chi connectivity index (χ3n) is 2.92. The first-order valence-electron chi connectivity index (χ1n) is 5.72. The summed E-state index contributed by atoms with van der Waals surface area (Å²) in [6.45, 7) is 2.00. The Morgan fingerprint density at radius 3 is 2.58 bits per heavy atom. The largest absolute Gasteiger partial charge is 0.573 e. The fourth-order valence-corrected chi connectivity index (χ4v) is 1.68. The summed E-state index contributed by atoms with van der Waals surface area (Å²) in [6, 6.07) is 3.59. The second kappa shape index (κ2) is 4.64. The molecule has 2 rings (SSSR count). The fraction of sp³-hybridized carbons (Fsp3) is 0.417. The zero-order valence-corrected chi connectivity index (χ0v) is 10.1. The summed E-state index contributed by atoms with van der Waals surface area (Å²) in [7, 11) is 0. The fourth-order valence-electron chi connectivity index (χ4n) is 1.68. The first kappa shape index (κ1) is 13.5. The monoisotopic (exact) mass is 274 g/mol. The van der Waals surface area contributed by atoms with E-state index < -0.39 is 12.1 Å². The number of nitrogens with two attached hydrogens (primary N) is 1. The number of rotatable bonds is 3. The van der Waals surface area contributed by atoms with Crippen LogP contribution in [-0.2, 0) is 0 Å². The molecule has 0 saturated heterocycles. The highest BCUT2D eigenvalue weighted by atomic mass is 19.4. The Morgan fingerprint density at radius 2 is 2.11 bits per heavy atom. The molecular weight excluding hydrogens is 261 g/mol. The molecule has 2 atom stereocenters. The predicted molar refractivity (Wildman–Crippen MR) is 62.6 cm³/mol. The van der Waals surface area contributed by atoms with E-state index in [0.717, 1.165) is 12.5 Å². The second-order valence-electron chi connectivity index (χ2n) is 4.59. The average molecular weight is 274 g/mol. The lowest BCUT2D eigenvalue weighted by Crippen LogP contribution is -2.26. The molecule has 1 saturated carbocycles. The van der Waals surface area contributed by atoms with Crippen LogP contribution in [0.4, 0.5) is 18.9 Å². The van der Waals surface area contributed by atoms with Gasteiger partial charge in [-0.25, -0.2) is 0 Å². The minimum Gasteiger partial charge on any atom is -0.404 e. The Kier molecular flexibility index (Phi) is 3.30. The zero-order chi connectivity index (χ0) is 14.2. The van der Waals surface area contributed by atoms with E-state index in [9.17, 15) is 18.0 Å². The summed E-state index contributed by atoms with van der Waals surface area (Å²) in [4.78, 5) is 11.8. The Hall–Kier alpha value is -1.92. The Bertz CT molecular complexity index is 502. The van der Waals surface area contributed by atoms with E-state index in [1.165, 1.54) is 12.1 Å². The van der Waals surface area contributed by atoms with Crippen molar-refractivity contribution in [2.24, 2.45) is 5.92 Å². The van der Waals surface area contributed by atoms with Crippen molar-refractivity contribution in [1.29, 1.82) is 0 Å². The molecule has 2 unspecified atom stereocenters. The number of hydrogen-bond donors (Lipinski definition) is 2. The van der Waals surface area contributed by atoms with E-state index in [2.05, 4.69) is 10.1 Å². The highest BCUT2D eigenvalue weighted by Gasteiger charge is 2.34. The quantitative estimate of drug-likeness (QED) is 0.831. The van der Waals surface area contributed by atoms with Gasteiger partial charge in [0.05, 0.1) is 5.69 Å². The zero-order valence-electron chi connectivity index (χ0n) is 10.1. The second-order valence-corrected chi connectivity index (χ2v) is 4.59. The van der Waals surface area contributed by atoms with Gasteiger partial charge in [0.25, 0.3) is 5.91 Å². The molecule has 0 aromatic heterocycles. The number of ether oxygens (including phenoxy) is 1. The maximum absolute atomic E-state index is 12.0. The van der Waals surface area contributed by atoms with E-state index in [1.807, 2.05) is 6.92 Å². The summed E-state index contributed by atoms with van der Waals surface area (Å²) in [5.74, 6) is -0.419. The van der Waals surface area contributed by atoms with Crippen molar-refractivity contribution in [1.82, 2.24) is 5.32 Å². The molecule has 1 fully saturated rings. The summed E-state index contributed by atoms with van der Waals surface area (Å²) in [5.41, 5.74) is 5.42. The lowest BCUT2D eigenvalue weighted by molar-refractivity contribution is -0.274. The first-order valence-corrected chi connectivity index (χ1v) is 5.72. The number of nitrogens with one attached hydrogen (secondary N) is 1. The molecule has 0 heterocycles. The number of halogens is 3. The van der Waals surface area contributed by atoms with Crippen molar-refractivity contribution in [2.75, 3.05) is 5.73 Å². The van der Waals surface area contributed by atoms with Crippen molar-refractivity contribution in [3.8, 4) is 5.75 Å². The number of hydrogen-bond acceptors (Lipinski definition) is 3. The molecule has 1 amide bonds. The number of anilines is 1. The first-order chi connectivity index (χ1) is 8.76. The topological polar surface area (TPSA) is 64.3 Å². The van der Waals surface area contributed by atoms with E-state index in [1.54, 1.807) is 0 Å². The number of carbonyl (C=O) groups is 1. The van der Waals surface area contributed by atoms with Gasteiger partial charge < -0.3 is 15.8 Å². The maximum atomic E-state index is 12.0. The van der Waals surface area contributed by atoms with Crippen LogP contribution < -0.4 is 15.8 Å².